The lowest BCUT2D eigenvalue weighted by atomic mass is 10.1. The van der Waals surface area contributed by atoms with E-state index in [2.05, 4.69) is 17.4 Å². The maximum absolute atomic E-state index is 12.0. The van der Waals surface area contributed by atoms with E-state index in [1.807, 2.05) is 43.3 Å². The van der Waals surface area contributed by atoms with Crippen LogP contribution in [0.25, 0.3) is 6.08 Å². The van der Waals surface area contributed by atoms with Crippen LogP contribution in [0.4, 0.5) is 0 Å². The van der Waals surface area contributed by atoms with E-state index < -0.39 is 0 Å². The first kappa shape index (κ1) is 17.6. The molecule has 2 rings (SSSR count). The van der Waals surface area contributed by atoms with Crippen LogP contribution in [0.1, 0.15) is 18.1 Å². The number of benzene rings is 2. The van der Waals surface area contributed by atoms with Gasteiger partial charge in [0.2, 0.25) is 5.91 Å². The molecule has 0 saturated carbocycles. The predicted molar refractivity (Wildman–Crippen MR) is 96.3 cm³/mol. The number of methoxy groups -OCH3 is 2. The predicted octanol–water partition coefficient (Wildman–Crippen LogP) is 3.46. The Morgan fingerprint density at radius 3 is 2.46 bits per heavy atom. The lowest BCUT2D eigenvalue weighted by molar-refractivity contribution is -0.117. The average molecular weight is 325 g/mol. The second kappa shape index (κ2) is 8.77. The molecule has 0 unspecified atom stereocenters. The molecule has 0 aliphatic heterocycles. The second-order valence-electron chi connectivity index (χ2n) is 5.55. The molecular formula is C20H23NO3. The van der Waals surface area contributed by atoms with Crippen LogP contribution >= 0.6 is 0 Å². The number of rotatable bonds is 7. The van der Waals surface area contributed by atoms with Crippen molar-refractivity contribution in [3.63, 3.8) is 0 Å². The first-order valence-electron chi connectivity index (χ1n) is 7.87. The molecule has 0 fully saturated rings. The van der Waals surface area contributed by atoms with E-state index in [1.165, 1.54) is 11.6 Å². The van der Waals surface area contributed by atoms with Crippen molar-refractivity contribution in [2.75, 3.05) is 14.2 Å². The Morgan fingerprint density at radius 1 is 1.08 bits per heavy atom. The highest BCUT2D eigenvalue weighted by Gasteiger charge is 2.06. The highest BCUT2D eigenvalue weighted by atomic mass is 16.5. The SMILES string of the molecule is COc1ccc(/C=C/C(=O)N[C@@H](C)Cc2ccccc2)cc1OC. The van der Waals surface area contributed by atoms with Crippen LogP contribution in [0.2, 0.25) is 0 Å². The van der Waals surface area contributed by atoms with Gasteiger partial charge in [-0.05, 0) is 42.7 Å². The Balaban J connectivity index is 1.92. The normalized spacial score (nSPS) is 12.0. The fraction of sp³-hybridized carbons (Fsp3) is 0.250. The van der Waals surface area contributed by atoms with E-state index in [9.17, 15) is 4.79 Å². The van der Waals surface area contributed by atoms with Gasteiger partial charge >= 0.3 is 0 Å². The molecule has 0 radical (unpaired) electrons. The van der Waals surface area contributed by atoms with Gasteiger partial charge in [-0.25, -0.2) is 0 Å². The summed E-state index contributed by atoms with van der Waals surface area (Å²) in [5.74, 6) is 1.18. The summed E-state index contributed by atoms with van der Waals surface area (Å²) in [5, 5.41) is 2.97. The Bertz CT molecular complexity index is 695. The zero-order valence-electron chi connectivity index (χ0n) is 14.3. The molecule has 4 heteroatoms. The van der Waals surface area contributed by atoms with Gasteiger partial charge in [0.05, 0.1) is 14.2 Å². The monoisotopic (exact) mass is 325 g/mol. The number of carbonyl (C=O) groups is 1. The Labute approximate surface area is 143 Å². The second-order valence-corrected chi connectivity index (χ2v) is 5.55. The molecule has 1 atom stereocenters. The quantitative estimate of drug-likeness (QED) is 0.793. The summed E-state index contributed by atoms with van der Waals surface area (Å²) >= 11 is 0. The first-order valence-corrected chi connectivity index (χ1v) is 7.87. The van der Waals surface area contributed by atoms with Crippen molar-refractivity contribution < 1.29 is 14.3 Å². The molecule has 2 aromatic rings. The molecular weight excluding hydrogens is 302 g/mol. The molecule has 0 aliphatic carbocycles. The van der Waals surface area contributed by atoms with Crippen LogP contribution in [0.3, 0.4) is 0 Å². The Hall–Kier alpha value is -2.75. The van der Waals surface area contributed by atoms with Crippen LogP contribution < -0.4 is 14.8 Å². The van der Waals surface area contributed by atoms with Crippen LogP contribution in [-0.2, 0) is 11.2 Å². The zero-order chi connectivity index (χ0) is 17.4. The third-order valence-corrected chi connectivity index (χ3v) is 3.61. The van der Waals surface area contributed by atoms with Gasteiger partial charge in [0.15, 0.2) is 11.5 Å². The highest BCUT2D eigenvalue weighted by molar-refractivity contribution is 5.92. The first-order chi connectivity index (χ1) is 11.6. The minimum Gasteiger partial charge on any atom is -0.493 e. The van der Waals surface area contributed by atoms with Gasteiger partial charge in [0.25, 0.3) is 0 Å². The minimum absolute atomic E-state index is 0.0648. The zero-order valence-corrected chi connectivity index (χ0v) is 14.3. The third kappa shape index (κ3) is 5.16. The standard InChI is InChI=1S/C20H23NO3/c1-15(13-16-7-5-4-6-8-16)21-20(22)12-10-17-9-11-18(23-2)19(14-17)24-3/h4-12,14-15H,13H2,1-3H3,(H,21,22)/b12-10+/t15-/m0/s1. The van der Waals surface area contributed by atoms with Gasteiger partial charge in [-0.15, -0.1) is 0 Å². The van der Waals surface area contributed by atoms with Crippen molar-refractivity contribution in [3.8, 4) is 11.5 Å². The van der Waals surface area contributed by atoms with Gasteiger partial charge in [-0.2, -0.15) is 0 Å². The van der Waals surface area contributed by atoms with Crippen molar-refractivity contribution in [1.29, 1.82) is 0 Å². The Kier molecular flexibility index (Phi) is 6.43. The van der Waals surface area contributed by atoms with Crippen molar-refractivity contribution in [2.45, 2.75) is 19.4 Å². The summed E-state index contributed by atoms with van der Waals surface area (Å²) in [7, 11) is 3.18. The molecule has 0 aromatic heterocycles. The van der Waals surface area contributed by atoms with E-state index in [-0.39, 0.29) is 11.9 Å². The molecule has 4 nitrogen and oxygen atoms in total. The van der Waals surface area contributed by atoms with Gasteiger partial charge in [0, 0.05) is 12.1 Å². The molecule has 24 heavy (non-hydrogen) atoms. The molecule has 0 bridgehead atoms. The number of ether oxygens (including phenoxy) is 2. The molecule has 0 heterocycles. The topological polar surface area (TPSA) is 47.6 Å². The van der Waals surface area contributed by atoms with Crippen LogP contribution in [0, 0.1) is 0 Å². The summed E-state index contributed by atoms with van der Waals surface area (Å²) in [6.07, 6.45) is 4.09. The van der Waals surface area contributed by atoms with Gasteiger partial charge in [0.1, 0.15) is 0 Å². The van der Waals surface area contributed by atoms with E-state index in [4.69, 9.17) is 9.47 Å². The highest BCUT2D eigenvalue weighted by Crippen LogP contribution is 2.27. The Morgan fingerprint density at radius 2 is 1.79 bits per heavy atom. The number of carbonyl (C=O) groups excluding carboxylic acids is 1. The lowest BCUT2D eigenvalue weighted by Crippen LogP contribution is -2.32. The van der Waals surface area contributed by atoms with Crippen molar-refractivity contribution in [1.82, 2.24) is 5.32 Å². The molecule has 0 spiro atoms. The maximum Gasteiger partial charge on any atom is 0.244 e. The van der Waals surface area contributed by atoms with E-state index >= 15 is 0 Å². The fourth-order valence-corrected chi connectivity index (χ4v) is 2.44. The van der Waals surface area contributed by atoms with Gasteiger partial charge < -0.3 is 14.8 Å². The number of nitrogens with one attached hydrogen (secondary N) is 1. The van der Waals surface area contributed by atoms with Crippen LogP contribution in [0.15, 0.2) is 54.6 Å². The van der Waals surface area contributed by atoms with Crippen molar-refractivity contribution in [2.24, 2.45) is 0 Å². The molecule has 1 N–H and O–H groups in total. The average Bonchev–Trinajstić information content (AvgIpc) is 2.60. The fourth-order valence-electron chi connectivity index (χ4n) is 2.44. The van der Waals surface area contributed by atoms with Crippen LogP contribution in [0.5, 0.6) is 11.5 Å². The summed E-state index contributed by atoms with van der Waals surface area (Å²) in [6, 6.07) is 15.7. The number of amides is 1. The van der Waals surface area contributed by atoms with E-state index in [0.29, 0.717) is 11.5 Å². The third-order valence-electron chi connectivity index (χ3n) is 3.61. The summed E-state index contributed by atoms with van der Waals surface area (Å²) in [4.78, 5) is 12.0. The smallest absolute Gasteiger partial charge is 0.244 e. The molecule has 126 valence electrons. The number of hydrogen-bond donors (Lipinski definition) is 1. The maximum atomic E-state index is 12.0. The van der Waals surface area contributed by atoms with E-state index in [0.717, 1.165) is 12.0 Å². The molecule has 2 aromatic carbocycles. The van der Waals surface area contributed by atoms with Gasteiger partial charge in [-0.1, -0.05) is 36.4 Å². The lowest BCUT2D eigenvalue weighted by Gasteiger charge is -2.12. The van der Waals surface area contributed by atoms with Crippen LogP contribution in [-0.4, -0.2) is 26.2 Å². The number of hydrogen-bond acceptors (Lipinski definition) is 3. The minimum atomic E-state index is -0.117. The largest absolute Gasteiger partial charge is 0.493 e. The summed E-state index contributed by atoms with van der Waals surface area (Å²) < 4.78 is 10.5. The summed E-state index contributed by atoms with van der Waals surface area (Å²) in [5.41, 5.74) is 2.08. The van der Waals surface area contributed by atoms with Crippen molar-refractivity contribution >= 4 is 12.0 Å². The van der Waals surface area contributed by atoms with E-state index in [1.54, 1.807) is 20.3 Å². The summed E-state index contributed by atoms with van der Waals surface area (Å²) in [6.45, 7) is 2.00. The molecule has 1 amide bonds. The van der Waals surface area contributed by atoms with Crippen molar-refractivity contribution in [3.05, 3.63) is 65.7 Å². The molecule has 0 saturated heterocycles. The van der Waals surface area contributed by atoms with Gasteiger partial charge in [-0.3, -0.25) is 4.79 Å². The molecule has 0 aliphatic rings.